The highest BCUT2D eigenvalue weighted by atomic mass is 16.5. The van der Waals surface area contributed by atoms with Gasteiger partial charge in [0.1, 0.15) is 5.75 Å². The lowest BCUT2D eigenvalue weighted by atomic mass is 9.72. The predicted molar refractivity (Wildman–Crippen MR) is 72.7 cm³/mol. The van der Waals surface area contributed by atoms with E-state index in [1.165, 1.54) is 6.42 Å². The van der Waals surface area contributed by atoms with Gasteiger partial charge in [0, 0.05) is 7.11 Å². The van der Waals surface area contributed by atoms with Crippen LogP contribution in [0.25, 0.3) is 0 Å². The maximum atomic E-state index is 6.33. The van der Waals surface area contributed by atoms with E-state index in [0.717, 1.165) is 24.2 Å². The Morgan fingerprint density at radius 1 is 1.17 bits per heavy atom. The van der Waals surface area contributed by atoms with Gasteiger partial charge in [-0.2, -0.15) is 0 Å². The zero-order chi connectivity index (χ0) is 13.2. The van der Waals surface area contributed by atoms with Gasteiger partial charge in [-0.15, -0.1) is 0 Å². The van der Waals surface area contributed by atoms with Gasteiger partial charge in [0.05, 0.1) is 17.7 Å². The Morgan fingerprint density at radius 2 is 1.78 bits per heavy atom. The normalized spacial score (nSPS) is 19.4. The zero-order valence-corrected chi connectivity index (χ0v) is 11.5. The van der Waals surface area contributed by atoms with E-state index < -0.39 is 0 Å². The van der Waals surface area contributed by atoms with Crippen molar-refractivity contribution in [2.45, 2.75) is 50.9 Å². The fourth-order valence-electron chi connectivity index (χ4n) is 2.50. The topological polar surface area (TPSA) is 44.5 Å². The number of rotatable bonds is 5. The Labute approximate surface area is 109 Å². The second-order valence-corrected chi connectivity index (χ2v) is 5.34. The van der Waals surface area contributed by atoms with Crippen molar-refractivity contribution in [3.63, 3.8) is 0 Å². The van der Waals surface area contributed by atoms with E-state index in [1.807, 2.05) is 38.1 Å². The first-order valence-corrected chi connectivity index (χ1v) is 6.65. The molecule has 1 aromatic rings. The molecule has 0 spiro atoms. The van der Waals surface area contributed by atoms with Gasteiger partial charge in [0.25, 0.3) is 0 Å². The highest BCUT2D eigenvalue weighted by molar-refractivity contribution is 5.31. The van der Waals surface area contributed by atoms with Gasteiger partial charge in [-0.25, -0.2) is 0 Å². The van der Waals surface area contributed by atoms with Crippen molar-refractivity contribution in [2.24, 2.45) is 5.73 Å². The molecule has 1 unspecified atom stereocenters. The fourth-order valence-corrected chi connectivity index (χ4v) is 2.50. The van der Waals surface area contributed by atoms with Crippen LogP contribution in [0.5, 0.6) is 5.75 Å². The average molecular weight is 249 g/mol. The molecule has 100 valence electrons. The van der Waals surface area contributed by atoms with Gasteiger partial charge in [0.2, 0.25) is 0 Å². The van der Waals surface area contributed by atoms with Crippen LogP contribution in [0.3, 0.4) is 0 Å². The number of benzene rings is 1. The molecule has 1 atom stereocenters. The summed E-state index contributed by atoms with van der Waals surface area (Å²) in [4.78, 5) is 0. The molecule has 0 radical (unpaired) electrons. The van der Waals surface area contributed by atoms with Crippen LogP contribution in [0.2, 0.25) is 0 Å². The predicted octanol–water partition coefficient (Wildman–Crippen LogP) is 3.04. The summed E-state index contributed by atoms with van der Waals surface area (Å²) in [5.41, 5.74) is 7.30. The van der Waals surface area contributed by atoms with Gasteiger partial charge in [-0.3, -0.25) is 0 Å². The standard InChI is InChI=1S/C15H23NO2/c1-11(2)18-13-7-5-12(6-8-13)14(16)15(17-3)9-4-10-15/h5-8,11,14H,4,9-10,16H2,1-3H3. The Bertz CT molecular complexity index is 376. The van der Waals surface area contributed by atoms with Gasteiger partial charge >= 0.3 is 0 Å². The van der Waals surface area contributed by atoms with Crippen molar-refractivity contribution in [3.05, 3.63) is 29.8 Å². The summed E-state index contributed by atoms with van der Waals surface area (Å²) in [6, 6.07) is 8.00. The van der Waals surface area contributed by atoms with Crippen molar-refractivity contribution in [2.75, 3.05) is 7.11 Å². The quantitative estimate of drug-likeness (QED) is 0.872. The molecule has 0 bridgehead atoms. The van der Waals surface area contributed by atoms with E-state index in [1.54, 1.807) is 7.11 Å². The van der Waals surface area contributed by atoms with Gasteiger partial charge in [-0.05, 0) is 50.8 Å². The summed E-state index contributed by atoms with van der Waals surface area (Å²) in [6.45, 7) is 4.04. The van der Waals surface area contributed by atoms with E-state index in [2.05, 4.69) is 0 Å². The van der Waals surface area contributed by atoms with E-state index in [9.17, 15) is 0 Å². The Kier molecular flexibility index (Phi) is 3.93. The molecule has 0 heterocycles. The van der Waals surface area contributed by atoms with Crippen molar-refractivity contribution in [3.8, 4) is 5.75 Å². The number of hydrogen-bond donors (Lipinski definition) is 1. The van der Waals surface area contributed by atoms with E-state index in [0.29, 0.717) is 0 Å². The van der Waals surface area contributed by atoms with E-state index >= 15 is 0 Å². The van der Waals surface area contributed by atoms with Crippen molar-refractivity contribution < 1.29 is 9.47 Å². The summed E-state index contributed by atoms with van der Waals surface area (Å²) in [7, 11) is 1.76. The van der Waals surface area contributed by atoms with Crippen LogP contribution >= 0.6 is 0 Å². The molecular weight excluding hydrogens is 226 g/mol. The fraction of sp³-hybridized carbons (Fsp3) is 0.600. The van der Waals surface area contributed by atoms with Gasteiger partial charge in [-0.1, -0.05) is 12.1 Å². The monoisotopic (exact) mass is 249 g/mol. The lowest BCUT2D eigenvalue weighted by Gasteiger charge is -2.45. The summed E-state index contributed by atoms with van der Waals surface area (Å²) < 4.78 is 11.3. The molecule has 3 nitrogen and oxygen atoms in total. The SMILES string of the molecule is COC1(C(N)c2ccc(OC(C)C)cc2)CCC1. The average Bonchev–Trinajstić information content (AvgIpc) is 2.28. The number of ether oxygens (including phenoxy) is 2. The highest BCUT2D eigenvalue weighted by Crippen LogP contribution is 2.43. The van der Waals surface area contributed by atoms with Crippen LogP contribution in [0.15, 0.2) is 24.3 Å². The first kappa shape index (κ1) is 13.4. The number of methoxy groups -OCH3 is 1. The summed E-state index contributed by atoms with van der Waals surface area (Å²) >= 11 is 0. The number of nitrogens with two attached hydrogens (primary N) is 1. The molecule has 0 amide bonds. The molecule has 2 N–H and O–H groups in total. The summed E-state index contributed by atoms with van der Waals surface area (Å²) in [6.07, 6.45) is 3.50. The van der Waals surface area contributed by atoms with Crippen LogP contribution < -0.4 is 10.5 Å². The molecule has 1 aromatic carbocycles. The van der Waals surface area contributed by atoms with Crippen molar-refractivity contribution in [1.82, 2.24) is 0 Å². The first-order chi connectivity index (χ1) is 8.57. The lowest BCUT2D eigenvalue weighted by Crippen LogP contribution is -2.48. The molecule has 1 aliphatic carbocycles. The number of hydrogen-bond acceptors (Lipinski definition) is 3. The van der Waals surface area contributed by atoms with Gasteiger partial charge < -0.3 is 15.2 Å². The highest BCUT2D eigenvalue weighted by Gasteiger charge is 2.43. The van der Waals surface area contributed by atoms with Crippen LogP contribution in [0.1, 0.15) is 44.7 Å². The molecule has 0 aromatic heterocycles. The maximum Gasteiger partial charge on any atom is 0.119 e. The van der Waals surface area contributed by atoms with Crippen LogP contribution in [-0.2, 0) is 4.74 Å². The van der Waals surface area contributed by atoms with Crippen molar-refractivity contribution >= 4 is 0 Å². The molecule has 18 heavy (non-hydrogen) atoms. The largest absolute Gasteiger partial charge is 0.491 e. The minimum absolute atomic E-state index is 0.0515. The Morgan fingerprint density at radius 3 is 2.17 bits per heavy atom. The second-order valence-electron chi connectivity index (χ2n) is 5.34. The second kappa shape index (κ2) is 5.29. The van der Waals surface area contributed by atoms with Crippen LogP contribution in [-0.4, -0.2) is 18.8 Å². The minimum atomic E-state index is -0.152. The Balaban J connectivity index is 2.09. The third-order valence-corrected chi connectivity index (χ3v) is 3.78. The minimum Gasteiger partial charge on any atom is -0.491 e. The van der Waals surface area contributed by atoms with Crippen LogP contribution in [0, 0.1) is 0 Å². The lowest BCUT2D eigenvalue weighted by molar-refractivity contribution is -0.0911. The molecule has 1 fully saturated rings. The van der Waals surface area contributed by atoms with Gasteiger partial charge in [0.15, 0.2) is 0 Å². The molecule has 1 saturated carbocycles. The van der Waals surface area contributed by atoms with Crippen molar-refractivity contribution in [1.29, 1.82) is 0 Å². The Hall–Kier alpha value is -1.06. The third kappa shape index (κ3) is 2.52. The third-order valence-electron chi connectivity index (χ3n) is 3.78. The molecule has 2 rings (SSSR count). The molecule has 1 aliphatic rings. The maximum absolute atomic E-state index is 6.33. The first-order valence-electron chi connectivity index (χ1n) is 6.65. The smallest absolute Gasteiger partial charge is 0.119 e. The molecule has 0 saturated heterocycles. The van der Waals surface area contributed by atoms with Crippen LogP contribution in [0.4, 0.5) is 0 Å². The van der Waals surface area contributed by atoms with E-state index in [4.69, 9.17) is 15.2 Å². The zero-order valence-electron chi connectivity index (χ0n) is 11.5. The summed E-state index contributed by atoms with van der Waals surface area (Å²) in [5.74, 6) is 0.890. The molecule has 0 aliphatic heterocycles. The molecular formula is C15H23NO2. The molecule has 3 heteroatoms. The summed E-state index contributed by atoms with van der Waals surface area (Å²) in [5, 5.41) is 0. The van der Waals surface area contributed by atoms with E-state index in [-0.39, 0.29) is 17.7 Å².